The zero-order valence-electron chi connectivity index (χ0n) is 16.2. The number of fused-ring (bicyclic) bond motifs is 1. The van der Waals surface area contributed by atoms with Gasteiger partial charge in [0, 0.05) is 18.4 Å². The van der Waals surface area contributed by atoms with Crippen molar-refractivity contribution in [1.82, 2.24) is 9.36 Å². The van der Waals surface area contributed by atoms with Crippen LogP contribution < -0.4 is 16.4 Å². The van der Waals surface area contributed by atoms with Crippen molar-refractivity contribution in [3.05, 3.63) is 76.4 Å². The summed E-state index contributed by atoms with van der Waals surface area (Å²) in [4.78, 5) is 17.1. The second kappa shape index (κ2) is 8.73. The van der Waals surface area contributed by atoms with Crippen molar-refractivity contribution in [2.24, 2.45) is 5.73 Å². The number of alkyl halides is 3. The molecule has 2 heterocycles. The molecule has 32 heavy (non-hydrogen) atoms. The van der Waals surface area contributed by atoms with E-state index in [9.17, 15) is 18.0 Å². The van der Waals surface area contributed by atoms with Crippen LogP contribution in [0.3, 0.4) is 0 Å². The first-order chi connectivity index (χ1) is 15.3. The minimum absolute atomic E-state index is 0.269. The number of nitrogens with two attached hydrogens (primary N) is 1. The highest BCUT2D eigenvalue weighted by atomic mass is 35.5. The van der Waals surface area contributed by atoms with Gasteiger partial charge in [-0.25, -0.2) is 0 Å². The minimum atomic E-state index is -4.41. The highest BCUT2D eigenvalue weighted by Crippen LogP contribution is 2.34. The molecule has 2 aromatic heterocycles. The standard InChI is InChI=1S/C21H15ClF3N5OS/c22-15-6-1-11(10-26)9-14(15)20(31)29-16-7-8-27-17-18(16)32-30-19(17)28-13-4-2-12(3-5-13)21(23,24)25/h1-9H,10,26H2,(H,28,30)(H,27,29,31). The first kappa shape index (κ1) is 22.0. The molecule has 1 amide bonds. The third-order valence-electron chi connectivity index (χ3n) is 4.59. The number of rotatable bonds is 5. The lowest BCUT2D eigenvalue weighted by atomic mass is 10.1. The summed E-state index contributed by atoms with van der Waals surface area (Å²) >= 11 is 7.26. The van der Waals surface area contributed by atoms with Crippen LogP contribution in [0.15, 0.2) is 54.7 Å². The Balaban J connectivity index is 1.59. The van der Waals surface area contributed by atoms with Crippen LogP contribution in [0.2, 0.25) is 5.02 Å². The molecule has 164 valence electrons. The largest absolute Gasteiger partial charge is 0.416 e. The van der Waals surface area contributed by atoms with Gasteiger partial charge >= 0.3 is 6.18 Å². The molecule has 0 aliphatic rings. The molecule has 0 saturated heterocycles. The van der Waals surface area contributed by atoms with Crippen molar-refractivity contribution in [2.45, 2.75) is 12.7 Å². The van der Waals surface area contributed by atoms with Crippen molar-refractivity contribution in [3.8, 4) is 0 Å². The highest BCUT2D eigenvalue weighted by Gasteiger charge is 2.30. The molecule has 0 bridgehead atoms. The van der Waals surface area contributed by atoms with Gasteiger partial charge in [-0.05, 0) is 59.6 Å². The number of amides is 1. The number of carbonyl (C=O) groups is 1. The van der Waals surface area contributed by atoms with Gasteiger partial charge in [-0.1, -0.05) is 17.7 Å². The van der Waals surface area contributed by atoms with E-state index in [1.165, 1.54) is 18.3 Å². The Hall–Kier alpha value is -3.21. The van der Waals surface area contributed by atoms with E-state index in [1.54, 1.807) is 24.3 Å². The lowest BCUT2D eigenvalue weighted by molar-refractivity contribution is -0.137. The van der Waals surface area contributed by atoms with Gasteiger partial charge < -0.3 is 16.4 Å². The molecule has 4 N–H and O–H groups in total. The van der Waals surface area contributed by atoms with Crippen molar-refractivity contribution in [3.63, 3.8) is 0 Å². The molecule has 0 aliphatic carbocycles. The normalized spacial score (nSPS) is 11.5. The molecule has 2 aromatic carbocycles. The van der Waals surface area contributed by atoms with Gasteiger partial charge in [-0.2, -0.15) is 17.5 Å². The summed E-state index contributed by atoms with van der Waals surface area (Å²) in [6.07, 6.45) is -2.91. The average Bonchev–Trinajstić information content (AvgIpc) is 3.17. The molecule has 4 aromatic rings. The molecule has 0 radical (unpaired) electrons. The van der Waals surface area contributed by atoms with Crippen molar-refractivity contribution in [1.29, 1.82) is 0 Å². The summed E-state index contributed by atoms with van der Waals surface area (Å²) in [7, 11) is 0. The average molecular weight is 478 g/mol. The first-order valence-corrected chi connectivity index (χ1v) is 10.4. The predicted molar refractivity (Wildman–Crippen MR) is 119 cm³/mol. The van der Waals surface area contributed by atoms with E-state index >= 15 is 0 Å². The Morgan fingerprint density at radius 2 is 1.88 bits per heavy atom. The van der Waals surface area contributed by atoms with Crippen LogP contribution in [0.25, 0.3) is 10.2 Å². The van der Waals surface area contributed by atoms with Gasteiger partial charge in [0.15, 0.2) is 5.82 Å². The van der Waals surface area contributed by atoms with Crippen LogP contribution in [0.1, 0.15) is 21.5 Å². The van der Waals surface area contributed by atoms with Crippen LogP contribution in [-0.2, 0) is 12.7 Å². The maximum atomic E-state index is 12.8. The molecule has 0 aliphatic heterocycles. The second-order valence-corrected chi connectivity index (χ2v) is 7.92. The quantitative estimate of drug-likeness (QED) is 0.337. The molecule has 0 unspecified atom stereocenters. The smallest absolute Gasteiger partial charge is 0.338 e. The maximum absolute atomic E-state index is 12.8. The van der Waals surface area contributed by atoms with Crippen molar-refractivity contribution in [2.75, 3.05) is 10.6 Å². The Morgan fingerprint density at radius 1 is 1.12 bits per heavy atom. The number of hydrogen-bond acceptors (Lipinski definition) is 6. The van der Waals surface area contributed by atoms with Crippen molar-refractivity contribution >= 4 is 56.4 Å². The number of pyridine rings is 1. The third kappa shape index (κ3) is 4.52. The van der Waals surface area contributed by atoms with E-state index in [4.69, 9.17) is 17.3 Å². The molecule has 11 heteroatoms. The highest BCUT2D eigenvalue weighted by molar-refractivity contribution is 7.14. The molecule has 0 spiro atoms. The Labute approximate surface area is 189 Å². The summed E-state index contributed by atoms with van der Waals surface area (Å²) in [6.45, 7) is 0.269. The van der Waals surface area contributed by atoms with E-state index in [0.29, 0.717) is 32.4 Å². The number of nitrogens with zero attached hydrogens (tertiary/aromatic N) is 2. The number of anilines is 3. The summed E-state index contributed by atoms with van der Waals surface area (Å²) < 4.78 is 43.2. The monoisotopic (exact) mass is 477 g/mol. The maximum Gasteiger partial charge on any atom is 0.416 e. The van der Waals surface area contributed by atoms with Gasteiger partial charge in [0.05, 0.1) is 26.5 Å². The lowest BCUT2D eigenvalue weighted by Crippen LogP contribution is -2.13. The van der Waals surface area contributed by atoms with E-state index in [1.807, 2.05) is 0 Å². The van der Waals surface area contributed by atoms with Crippen LogP contribution in [0.5, 0.6) is 0 Å². The minimum Gasteiger partial charge on any atom is -0.338 e. The van der Waals surface area contributed by atoms with E-state index in [2.05, 4.69) is 20.0 Å². The molecule has 4 rings (SSSR count). The fourth-order valence-electron chi connectivity index (χ4n) is 2.97. The molecule has 6 nitrogen and oxygen atoms in total. The number of carbonyl (C=O) groups excluding carboxylic acids is 1. The Kier molecular flexibility index (Phi) is 6.00. The van der Waals surface area contributed by atoms with Crippen LogP contribution in [0, 0.1) is 0 Å². The van der Waals surface area contributed by atoms with E-state index < -0.39 is 17.6 Å². The SMILES string of the molecule is NCc1ccc(Cl)c(C(=O)Nc2ccnc3c(Nc4ccc(C(F)(F)F)cc4)nsc23)c1. The first-order valence-electron chi connectivity index (χ1n) is 9.25. The van der Waals surface area contributed by atoms with Gasteiger partial charge in [0.2, 0.25) is 0 Å². The van der Waals surface area contributed by atoms with Gasteiger partial charge in [0.1, 0.15) is 5.52 Å². The van der Waals surface area contributed by atoms with Gasteiger partial charge in [-0.15, -0.1) is 0 Å². The number of benzene rings is 2. The molecule has 0 atom stereocenters. The van der Waals surface area contributed by atoms with Crippen LogP contribution >= 0.6 is 23.1 Å². The second-order valence-electron chi connectivity index (χ2n) is 6.74. The topological polar surface area (TPSA) is 92.9 Å². The zero-order valence-corrected chi connectivity index (χ0v) is 17.8. The summed E-state index contributed by atoms with van der Waals surface area (Å²) in [5.41, 5.74) is 7.31. The Bertz CT molecular complexity index is 1290. The fraction of sp³-hybridized carbons (Fsp3) is 0.0952. The summed E-state index contributed by atoms with van der Waals surface area (Å²) in [6, 6.07) is 11.2. The molecule has 0 saturated carbocycles. The Morgan fingerprint density at radius 3 is 2.56 bits per heavy atom. The van der Waals surface area contributed by atoms with Gasteiger partial charge in [-0.3, -0.25) is 9.78 Å². The predicted octanol–water partition coefficient (Wildman–Crippen LogP) is 5.82. The number of aromatic nitrogens is 2. The number of nitrogens with one attached hydrogen (secondary N) is 2. The third-order valence-corrected chi connectivity index (χ3v) is 5.79. The van der Waals surface area contributed by atoms with E-state index in [0.717, 1.165) is 29.2 Å². The number of hydrogen-bond donors (Lipinski definition) is 3. The number of halogens is 4. The van der Waals surface area contributed by atoms with Crippen LogP contribution in [-0.4, -0.2) is 15.3 Å². The zero-order chi connectivity index (χ0) is 22.9. The van der Waals surface area contributed by atoms with Crippen molar-refractivity contribution < 1.29 is 18.0 Å². The van der Waals surface area contributed by atoms with E-state index in [-0.39, 0.29) is 12.1 Å². The summed E-state index contributed by atoms with van der Waals surface area (Å²) in [5, 5.41) is 6.06. The molecule has 0 fully saturated rings. The lowest BCUT2D eigenvalue weighted by Gasteiger charge is -2.09. The molecular formula is C21H15ClF3N5OS. The summed E-state index contributed by atoms with van der Waals surface area (Å²) in [5.74, 6) is -0.0486. The fourth-order valence-corrected chi connectivity index (χ4v) is 3.94. The molecular weight excluding hydrogens is 463 g/mol. The van der Waals surface area contributed by atoms with Crippen LogP contribution in [0.4, 0.5) is 30.4 Å². The van der Waals surface area contributed by atoms with Gasteiger partial charge in [0.25, 0.3) is 5.91 Å².